The van der Waals surface area contributed by atoms with Crippen LogP contribution in [0.1, 0.15) is 6.92 Å². The van der Waals surface area contributed by atoms with Gasteiger partial charge in [0, 0.05) is 0 Å². The van der Waals surface area contributed by atoms with Crippen molar-refractivity contribution in [1.82, 2.24) is 0 Å². The number of hydrogen-bond acceptors (Lipinski definition) is 4. The molecular weight excluding hydrogens is 235 g/mol. The summed E-state index contributed by atoms with van der Waals surface area (Å²) in [6.07, 6.45) is 0. The van der Waals surface area contributed by atoms with Crippen LogP contribution in [0, 0.1) is 5.82 Å². The first-order chi connectivity index (χ1) is 7.63. The first kappa shape index (κ1) is 12.4. The van der Waals surface area contributed by atoms with Crippen molar-refractivity contribution in [3.8, 4) is 0 Å². The first-order valence-corrected chi connectivity index (χ1v) is 4.93. The van der Waals surface area contributed by atoms with Crippen LogP contribution < -0.4 is 5.43 Å². The SMILES string of the molecule is CCOC(=O)/C(Cl)=N/Nc1cccc(F)c1. The smallest absolute Gasteiger partial charge is 0.370 e. The van der Waals surface area contributed by atoms with Gasteiger partial charge in [-0.25, -0.2) is 9.18 Å². The zero-order valence-corrected chi connectivity index (χ0v) is 9.29. The van der Waals surface area contributed by atoms with Gasteiger partial charge in [0.1, 0.15) is 5.82 Å². The molecule has 0 aliphatic heterocycles. The fourth-order valence-electron chi connectivity index (χ4n) is 0.908. The molecule has 0 amide bonds. The van der Waals surface area contributed by atoms with Gasteiger partial charge in [-0.1, -0.05) is 17.7 Å². The maximum atomic E-state index is 12.8. The molecule has 0 spiro atoms. The highest BCUT2D eigenvalue weighted by molar-refractivity contribution is 6.82. The van der Waals surface area contributed by atoms with Crippen molar-refractivity contribution in [2.24, 2.45) is 5.10 Å². The fraction of sp³-hybridized carbons (Fsp3) is 0.200. The molecule has 4 nitrogen and oxygen atoms in total. The van der Waals surface area contributed by atoms with Crippen LogP contribution in [0.25, 0.3) is 0 Å². The van der Waals surface area contributed by atoms with Crippen molar-refractivity contribution in [2.75, 3.05) is 12.0 Å². The largest absolute Gasteiger partial charge is 0.461 e. The Morgan fingerprint density at radius 1 is 1.62 bits per heavy atom. The summed E-state index contributed by atoms with van der Waals surface area (Å²) in [6.45, 7) is 1.87. The van der Waals surface area contributed by atoms with E-state index in [1.165, 1.54) is 18.2 Å². The van der Waals surface area contributed by atoms with Crippen LogP contribution in [0.3, 0.4) is 0 Å². The molecule has 1 aromatic rings. The zero-order chi connectivity index (χ0) is 12.0. The number of hydrogen-bond donors (Lipinski definition) is 1. The number of nitrogens with zero attached hydrogens (tertiary/aromatic N) is 1. The summed E-state index contributed by atoms with van der Waals surface area (Å²) >= 11 is 5.52. The second kappa shape index (κ2) is 6.07. The third-order valence-corrected chi connectivity index (χ3v) is 1.79. The van der Waals surface area contributed by atoms with Crippen molar-refractivity contribution in [2.45, 2.75) is 6.92 Å². The lowest BCUT2D eigenvalue weighted by Gasteiger charge is -2.01. The lowest BCUT2D eigenvalue weighted by atomic mass is 10.3. The third-order valence-electron chi connectivity index (χ3n) is 1.55. The minimum absolute atomic E-state index is 0.213. The standard InChI is InChI=1S/C10H10ClFN2O2/c1-2-16-10(15)9(11)14-13-8-5-3-4-7(12)6-8/h3-6,13H,2H2,1H3/b14-9-. The van der Waals surface area contributed by atoms with E-state index in [1.807, 2.05) is 0 Å². The molecule has 1 N–H and O–H groups in total. The maximum absolute atomic E-state index is 12.8. The molecule has 0 aliphatic rings. The molecule has 0 saturated heterocycles. The van der Waals surface area contributed by atoms with Crippen LogP contribution in [-0.4, -0.2) is 17.7 Å². The lowest BCUT2D eigenvalue weighted by Crippen LogP contribution is -2.13. The Morgan fingerprint density at radius 3 is 3.00 bits per heavy atom. The van der Waals surface area contributed by atoms with Gasteiger partial charge in [0.25, 0.3) is 0 Å². The van der Waals surface area contributed by atoms with E-state index in [4.69, 9.17) is 11.6 Å². The van der Waals surface area contributed by atoms with E-state index >= 15 is 0 Å². The molecule has 0 heterocycles. The molecular formula is C10H10ClFN2O2. The number of halogens is 2. The monoisotopic (exact) mass is 244 g/mol. The molecule has 0 radical (unpaired) electrons. The van der Waals surface area contributed by atoms with Crippen LogP contribution in [0.2, 0.25) is 0 Å². The number of carbonyl (C=O) groups is 1. The Balaban J connectivity index is 2.62. The van der Waals surface area contributed by atoms with Crippen LogP contribution in [0.5, 0.6) is 0 Å². The summed E-state index contributed by atoms with van der Waals surface area (Å²) in [4.78, 5) is 11.0. The minimum Gasteiger partial charge on any atom is -0.461 e. The van der Waals surface area contributed by atoms with Crippen molar-refractivity contribution in [1.29, 1.82) is 0 Å². The Hall–Kier alpha value is -1.62. The Bertz CT molecular complexity index is 410. The van der Waals surface area contributed by atoms with Crippen molar-refractivity contribution < 1.29 is 13.9 Å². The molecule has 0 aliphatic carbocycles. The summed E-state index contributed by atoms with van der Waals surface area (Å²) in [5, 5.41) is 3.20. The second-order valence-electron chi connectivity index (χ2n) is 2.75. The molecule has 0 atom stereocenters. The van der Waals surface area contributed by atoms with E-state index in [2.05, 4.69) is 15.3 Å². The Kier molecular flexibility index (Phi) is 4.72. The number of benzene rings is 1. The highest BCUT2D eigenvalue weighted by Crippen LogP contribution is 2.09. The van der Waals surface area contributed by atoms with E-state index in [0.29, 0.717) is 5.69 Å². The highest BCUT2D eigenvalue weighted by atomic mass is 35.5. The van der Waals surface area contributed by atoms with E-state index in [-0.39, 0.29) is 11.8 Å². The predicted molar refractivity (Wildman–Crippen MR) is 59.9 cm³/mol. The van der Waals surface area contributed by atoms with E-state index in [0.717, 1.165) is 0 Å². The summed E-state index contributed by atoms with van der Waals surface area (Å²) in [5.74, 6) is -1.14. The normalized spacial score (nSPS) is 11.1. The maximum Gasteiger partial charge on any atom is 0.370 e. The van der Waals surface area contributed by atoms with Crippen LogP contribution >= 0.6 is 11.6 Å². The topological polar surface area (TPSA) is 50.7 Å². The average molecular weight is 245 g/mol. The van der Waals surface area contributed by atoms with Gasteiger partial charge in [0.05, 0.1) is 12.3 Å². The van der Waals surface area contributed by atoms with Crippen molar-refractivity contribution >= 4 is 28.4 Å². The van der Waals surface area contributed by atoms with Crippen molar-refractivity contribution in [3.63, 3.8) is 0 Å². The van der Waals surface area contributed by atoms with Crippen LogP contribution in [0.4, 0.5) is 10.1 Å². The van der Waals surface area contributed by atoms with Gasteiger partial charge < -0.3 is 4.74 Å². The zero-order valence-electron chi connectivity index (χ0n) is 8.54. The molecule has 6 heteroatoms. The summed E-state index contributed by atoms with van der Waals surface area (Å²) < 4.78 is 17.4. The van der Waals surface area contributed by atoms with Gasteiger partial charge in [0.15, 0.2) is 0 Å². The van der Waals surface area contributed by atoms with Gasteiger partial charge in [-0.05, 0) is 25.1 Å². The first-order valence-electron chi connectivity index (χ1n) is 4.55. The Morgan fingerprint density at radius 2 is 2.38 bits per heavy atom. The molecule has 1 rings (SSSR count). The molecule has 86 valence electrons. The molecule has 0 unspecified atom stereocenters. The molecule has 0 bridgehead atoms. The number of rotatable bonds is 4. The summed E-state index contributed by atoms with van der Waals surface area (Å²) in [5.41, 5.74) is 2.83. The van der Waals surface area contributed by atoms with E-state index in [1.54, 1.807) is 13.0 Å². The average Bonchev–Trinajstić information content (AvgIpc) is 2.26. The lowest BCUT2D eigenvalue weighted by molar-refractivity contribution is -0.134. The molecule has 16 heavy (non-hydrogen) atoms. The van der Waals surface area contributed by atoms with Gasteiger partial charge in [-0.3, -0.25) is 5.43 Å². The van der Waals surface area contributed by atoms with E-state index in [9.17, 15) is 9.18 Å². The number of ether oxygens (including phenoxy) is 1. The van der Waals surface area contributed by atoms with Gasteiger partial charge in [0.2, 0.25) is 5.17 Å². The van der Waals surface area contributed by atoms with Crippen LogP contribution in [-0.2, 0) is 9.53 Å². The number of nitrogens with one attached hydrogen (secondary N) is 1. The van der Waals surface area contributed by atoms with Gasteiger partial charge >= 0.3 is 5.97 Å². The quantitative estimate of drug-likeness (QED) is 0.503. The molecule has 1 aromatic carbocycles. The molecule has 0 aromatic heterocycles. The Labute approximate surface area is 97.1 Å². The number of hydrazone groups is 1. The van der Waals surface area contributed by atoms with Gasteiger partial charge in [-0.15, -0.1) is 0 Å². The third kappa shape index (κ3) is 3.86. The molecule has 0 fully saturated rings. The van der Waals surface area contributed by atoms with E-state index < -0.39 is 11.8 Å². The van der Waals surface area contributed by atoms with Crippen molar-refractivity contribution in [3.05, 3.63) is 30.1 Å². The fourth-order valence-corrected chi connectivity index (χ4v) is 1.00. The number of carbonyl (C=O) groups excluding carboxylic acids is 1. The van der Waals surface area contributed by atoms with Crippen LogP contribution in [0.15, 0.2) is 29.4 Å². The number of esters is 1. The summed E-state index contributed by atoms with van der Waals surface area (Å²) in [6, 6.07) is 5.61. The number of anilines is 1. The molecule has 0 saturated carbocycles. The predicted octanol–water partition coefficient (Wildman–Crippen LogP) is 2.35. The van der Waals surface area contributed by atoms with Gasteiger partial charge in [-0.2, -0.15) is 5.10 Å². The second-order valence-corrected chi connectivity index (χ2v) is 3.10. The minimum atomic E-state index is -0.729. The highest BCUT2D eigenvalue weighted by Gasteiger charge is 2.08. The summed E-state index contributed by atoms with van der Waals surface area (Å²) in [7, 11) is 0.